The summed E-state index contributed by atoms with van der Waals surface area (Å²) in [6.45, 7) is 2.45. The number of hydrogen-bond acceptors (Lipinski definition) is 4. The summed E-state index contributed by atoms with van der Waals surface area (Å²) in [5.74, 6) is 0. The van der Waals surface area contributed by atoms with Gasteiger partial charge in [0.1, 0.15) is 0 Å². The van der Waals surface area contributed by atoms with E-state index < -0.39 is 0 Å². The van der Waals surface area contributed by atoms with Gasteiger partial charge in [0.15, 0.2) is 0 Å². The van der Waals surface area contributed by atoms with E-state index in [0.29, 0.717) is 6.54 Å². The van der Waals surface area contributed by atoms with Gasteiger partial charge in [-0.15, -0.1) is 0 Å². The van der Waals surface area contributed by atoms with Crippen LogP contribution in [0, 0.1) is 0 Å². The van der Waals surface area contributed by atoms with E-state index >= 15 is 0 Å². The van der Waals surface area contributed by atoms with Crippen LogP contribution in [0.3, 0.4) is 0 Å². The lowest BCUT2D eigenvalue weighted by Gasteiger charge is -2.10. The van der Waals surface area contributed by atoms with Crippen LogP contribution in [0.15, 0.2) is 23.0 Å². The van der Waals surface area contributed by atoms with Crippen molar-refractivity contribution < 1.29 is 15.0 Å². The van der Waals surface area contributed by atoms with Crippen molar-refractivity contribution in [2.45, 2.75) is 19.5 Å². The zero-order chi connectivity index (χ0) is 14.3. The first kappa shape index (κ1) is 14.9. The van der Waals surface area contributed by atoms with Gasteiger partial charge in [0.25, 0.3) is 6.47 Å². The highest BCUT2D eigenvalue weighted by molar-refractivity contribution is 5.74. The van der Waals surface area contributed by atoms with Crippen molar-refractivity contribution in [2.75, 3.05) is 6.61 Å². The number of fused-ring (bicyclic) bond motifs is 1. The van der Waals surface area contributed by atoms with Crippen molar-refractivity contribution in [1.29, 1.82) is 0 Å². The standard InChI is InChI=1S/C11H15N3O2.CH2O2/c1-7(6-15)12-5-8-2-3-9-10(4-8)14-11(16)13-9;2-1-3/h2-4,7,12,15H,5-6H2,1H3,(H2,13,14,16);1H,(H,2,3). The molecule has 1 heterocycles. The fraction of sp³-hybridized carbons (Fsp3) is 0.333. The first-order valence-electron chi connectivity index (χ1n) is 5.73. The number of rotatable bonds is 4. The van der Waals surface area contributed by atoms with Crippen LogP contribution in [0.1, 0.15) is 12.5 Å². The molecule has 0 aliphatic rings. The van der Waals surface area contributed by atoms with Gasteiger partial charge in [-0.05, 0) is 24.6 Å². The number of aromatic amines is 2. The highest BCUT2D eigenvalue weighted by atomic mass is 16.3. The Morgan fingerprint density at radius 2 is 2.00 bits per heavy atom. The number of benzene rings is 1. The van der Waals surface area contributed by atoms with Crippen LogP contribution >= 0.6 is 0 Å². The van der Waals surface area contributed by atoms with E-state index in [-0.39, 0.29) is 24.8 Å². The van der Waals surface area contributed by atoms with Crippen LogP contribution in [0.4, 0.5) is 0 Å². The molecule has 5 N–H and O–H groups in total. The number of aliphatic hydroxyl groups excluding tert-OH is 1. The summed E-state index contributed by atoms with van der Waals surface area (Å²) in [6.07, 6.45) is 0. The normalized spacial score (nSPS) is 11.7. The summed E-state index contributed by atoms with van der Waals surface area (Å²) < 4.78 is 0. The van der Waals surface area contributed by atoms with E-state index in [1.54, 1.807) is 0 Å². The second-order valence-electron chi connectivity index (χ2n) is 4.03. The topological polar surface area (TPSA) is 118 Å². The van der Waals surface area contributed by atoms with E-state index in [1.165, 1.54) is 0 Å². The lowest BCUT2D eigenvalue weighted by Crippen LogP contribution is -2.28. The zero-order valence-corrected chi connectivity index (χ0v) is 10.5. The Morgan fingerprint density at radius 1 is 1.37 bits per heavy atom. The molecule has 0 radical (unpaired) electrons. The van der Waals surface area contributed by atoms with Gasteiger partial charge in [-0.1, -0.05) is 6.07 Å². The lowest BCUT2D eigenvalue weighted by molar-refractivity contribution is -0.122. The molecule has 0 aliphatic heterocycles. The van der Waals surface area contributed by atoms with Crippen molar-refractivity contribution in [3.8, 4) is 0 Å². The molecule has 1 atom stereocenters. The average molecular weight is 267 g/mol. The number of carboxylic acid groups (broad SMARTS) is 1. The molecule has 0 saturated heterocycles. The molecule has 0 amide bonds. The van der Waals surface area contributed by atoms with Crippen LogP contribution in [0.25, 0.3) is 11.0 Å². The van der Waals surface area contributed by atoms with Crippen molar-refractivity contribution in [2.24, 2.45) is 0 Å². The smallest absolute Gasteiger partial charge is 0.323 e. The molecule has 1 unspecified atom stereocenters. The number of carbonyl (C=O) groups is 1. The summed E-state index contributed by atoms with van der Waals surface area (Å²) in [6, 6.07) is 5.81. The number of nitrogens with one attached hydrogen (secondary N) is 3. The average Bonchev–Trinajstić information content (AvgIpc) is 2.76. The fourth-order valence-corrected chi connectivity index (χ4v) is 1.55. The highest BCUT2D eigenvalue weighted by Crippen LogP contribution is 2.09. The van der Waals surface area contributed by atoms with Gasteiger partial charge in [0.05, 0.1) is 17.6 Å². The quantitative estimate of drug-likeness (QED) is 0.501. The Bertz CT molecular complexity index is 576. The third kappa shape index (κ3) is 4.57. The molecule has 7 nitrogen and oxygen atoms in total. The third-order valence-corrected chi connectivity index (χ3v) is 2.51. The lowest BCUT2D eigenvalue weighted by atomic mass is 10.2. The molecular weight excluding hydrogens is 250 g/mol. The van der Waals surface area contributed by atoms with Crippen LogP contribution in [-0.4, -0.2) is 39.3 Å². The minimum Gasteiger partial charge on any atom is -0.483 e. The first-order chi connectivity index (χ1) is 9.10. The summed E-state index contributed by atoms with van der Waals surface area (Å²) in [5.41, 5.74) is 2.50. The number of aromatic nitrogens is 2. The SMILES string of the molecule is CC(CO)NCc1ccc2[nH]c(=O)[nH]c2c1.O=CO. The number of hydrogen-bond donors (Lipinski definition) is 5. The zero-order valence-electron chi connectivity index (χ0n) is 10.5. The maximum atomic E-state index is 11.1. The minimum absolute atomic E-state index is 0.0703. The van der Waals surface area contributed by atoms with Crippen LogP contribution < -0.4 is 11.0 Å². The second kappa shape index (κ2) is 7.34. The second-order valence-corrected chi connectivity index (χ2v) is 4.03. The molecule has 2 rings (SSSR count). The Hall–Kier alpha value is -2.12. The highest BCUT2D eigenvalue weighted by Gasteiger charge is 2.02. The summed E-state index contributed by atoms with van der Waals surface area (Å²) in [5, 5.41) is 18.9. The van der Waals surface area contributed by atoms with E-state index in [0.717, 1.165) is 16.6 Å². The maximum Gasteiger partial charge on any atom is 0.323 e. The molecule has 19 heavy (non-hydrogen) atoms. The third-order valence-electron chi connectivity index (χ3n) is 2.51. The molecular formula is C12H17N3O4. The van der Waals surface area contributed by atoms with Crippen molar-refractivity contribution >= 4 is 17.5 Å². The Kier molecular flexibility index (Phi) is 5.77. The first-order valence-corrected chi connectivity index (χ1v) is 5.73. The van der Waals surface area contributed by atoms with Gasteiger partial charge < -0.3 is 25.5 Å². The maximum absolute atomic E-state index is 11.1. The summed E-state index contributed by atoms with van der Waals surface area (Å²) >= 11 is 0. The molecule has 7 heteroatoms. The summed E-state index contributed by atoms with van der Waals surface area (Å²) in [4.78, 5) is 24.8. The molecule has 2 aromatic rings. The van der Waals surface area contributed by atoms with Gasteiger partial charge >= 0.3 is 5.69 Å². The summed E-state index contributed by atoms with van der Waals surface area (Å²) in [7, 11) is 0. The molecule has 0 bridgehead atoms. The molecule has 1 aromatic heterocycles. The van der Waals surface area contributed by atoms with Crippen molar-refractivity contribution in [1.82, 2.24) is 15.3 Å². The van der Waals surface area contributed by atoms with Crippen LogP contribution in [0.5, 0.6) is 0 Å². The van der Waals surface area contributed by atoms with Gasteiger partial charge in [-0.2, -0.15) is 0 Å². The molecule has 104 valence electrons. The van der Waals surface area contributed by atoms with Crippen molar-refractivity contribution in [3.05, 3.63) is 34.2 Å². The van der Waals surface area contributed by atoms with Gasteiger partial charge in [-0.25, -0.2) is 4.79 Å². The van der Waals surface area contributed by atoms with E-state index in [4.69, 9.17) is 15.0 Å². The van der Waals surface area contributed by atoms with E-state index in [9.17, 15) is 4.79 Å². The Labute approximate surface area is 109 Å². The van der Waals surface area contributed by atoms with Crippen LogP contribution in [0.2, 0.25) is 0 Å². The van der Waals surface area contributed by atoms with Gasteiger partial charge in [0.2, 0.25) is 0 Å². The van der Waals surface area contributed by atoms with Crippen LogP contribution in [-0.2, 0) is 11.3 Å². The van der Waals surface area contributed by atoms with Gasteiger partial charge in [-0.3, -0.25) is 4.79 Å². The minimum atomic E-state index is -0.250. The van der Waals surface area contributed by atoms with Gasteiger partial charge in [0, 0.05) is 12.6 Å². The molecule has 0 fully saturated rings. The van der Waals surface area contributed by atoms with E-state index in [1.807, 2.05) is 25.1 Å². The largest absolute Gasteiger partial charge is 0.483 e. The van der Waals surface area contributed by atoms with Crippen molar-refractivity contribution in [3.63, 3.8) is 0 Å². The predicted molar refractivity (Wildman–Crippen MR) is 71.0 cm³/mol. The molecule has 0 saturated carbocycles. The predicted octanol–water partition coefficient (Wildman–Crippen LogP) is 0.0274. The molecule has 1 aromatic carbocycles. The number of imidazole rings is 1. The Balaban J connectivity index is 0.000000550. The number of aliphatic hydroxyl groups is 1. The molecule has 0 spiro atoms. The fourth-order valence-electron chi connectivity index (χ4n) is 1.55. The Morgan fingerprint density at radius 3 is 2.63 bits per heavy atom. The monoisotopic (exact) mass is 267 g/mol. The molecule has 0 aliphatic carbocycles. The number of H-pyrrole nitrogens is 2. The van der Waals surface area contributed by atoms with E-state index in [2.05, 4.69) is 15.3 Å².